The Morgan fingerprint density at radius 2 is 2.05 bits per heavy atom. The van der Waals surface area contributed by atoms with Crippen molar-refractivity contribution in [2.45, 2.75) is 43.9 Å². The highest BCUT2D eigenvalue weighted by molar-refractivity contribution is 8.01. The number of nitrogens with one attached hydrogen (secondary N) is 1. The van der Waals surface area contributed by atoms with E-state index in [1.807, 2.05) is 18.7 Å². The molecule has 8 heteroatoms. The number of aromatic nitrogens is 2. The second kappa shape index (κ2) is 8.47. The molecular weight excluding hydrogens is 320 g/mol. The highest BCUT2D eigenvalue weighted by Crippen LogP contribution is 2.26. The zero-order valence-electron chi connectivity index (χ0n) is 13.0. The van der Waals surface area contributed by atoms with Crippen LogP contribution in [0.1, 0.15) is 39.5 Å². The lowest BCUT2D eigenvalue weighted by atomic mass is 10.1. The molecule has 1 atom stereocenters. The number of thioether (sulfide) groups is 1. The number of likely N-dealkylation sites (tertiary alicyclic amines) is 1. The van der Waals surface area contributed by atoms with Gasteiger partial charge in [0.15, 0.2) is 4.34 Å². The van der Waals surface area contributed by atoms with E-state index in [4.69, 9.17) is 0 Å². The molecule has 1 N–H and O–H groups in total. The Labute approximate surface area is 139 Å². The van der Waals surface area contributed by atoms with Crippen LogP contribution in [0.25, 0.3) is 0 Å². The number of nitrogens with zero attached hydrogens (tertiary/aromatic N) is 3. The minimum absolute atomic E-state index is 0.0410. The minimum Gasteiger partial charge on any atom is -0.342 e. The van der Waals surface area contributed by atoms with Gasteiger partial charge in [-0.3, -0.25) is 9.59 Å². The molecular formula is C14H22N4O2S2. The molecule has 1 aliphatic heterocycles. The summed E-state index contributed by atoms with van der Waals surface area (Å²) in [5.74, 6) is 0.457. The van der Waals surface area contributed by atoms with Crippen LogP contribution in [0.4, 0.5) is 5.13 Å². The van der Waals surface area contributed by atoms with Gasteiger partial charge in [0.2, 0.25) is 16.9 Å². The predicted octanol–water partition coefficient (Wildman–Crippen LogP) is 2.63. The molecule has 0 radical (unpaired) electrons. The number of carbonyl (C=O) groups excluding carboxylic acids is 2. The summed E-state index contributed by atoms with van der Waals surface area (Å²) in [5.41, 5.74) is 0. The van der Waals surface area contributed by atoms with Crippen LogP contribution < -0.4 is 5.32 Å². The summed E-state index contributed by atoms with van der Waals surface area (Å²) >= 11 is 2.70. The molecule has 2 rings (SSSR count). The number of anilines is 1. The van der Waals surface area contributed by atoms with Crippen molar-refractivity contribution in [2.75, 3.05) is 24.2 Å². The van der Waals surface area contributed by atoms with E-state index in [1.54, 1.807) is 0 Å². The first kappa shape index (κ1) is 17.2. The lowest BCUT2D eigenvalue weighted by Crippen LogP contribution is -2.36. The number of amides is 2. The van der Waals surface area contributed by atoms with Gasteiger partial charge in [0.25, 0.3) is 0 Å². The predicted molar refractivity (Wildman–Crippen MR) is 89.1 cm³/mol. The average Bonchev–Trinajstić information content (AvgIpc) is 3.00. The van der Waals surface area contributed by atoms with Crippen LogP contribution >= 0.6 is 23.1 Å². The molecule has 6 nitrogen and oxygen atoms in total. The van der Waals surface area contributed by atoms with Crippen molar-refractivity contribution in [1.82, 2.24) is 15.1 Å². The maximum absolute atomic E-state index is 12.1. The summed E-state index contributed by atoms with van der Waals surface area (Å²) in [4.78, 5) is 25.8. The molecule has 1 aliphatic rings. The van der Waals surface area contributed by atoms with Gasteiger partial charge in [-0.2, -0.15) is 0 Å². The van der Waals surface area contributed by atoms with Crippen molar-refractivity contribution in [3.63, 3.8) is 0 Å². The van der Waals surface area contributed by atoms with E-state index in [-0.39, 0.29) is 17.7 Å². The molecule has 2 amide bonds. The second-order valence-corrected chi connectivity index (χ2v) is 7.60. The zero-order chi connectivity index (χ0) is 15.9. The van der Waals surface area contributed by atoms with Gasteiger partial charge >= 0.3 is 0 Å². The van der Waals surface area contributed by atoms with Gasteiger partial charge in [-0.15, -0.1) is 10.2 Å². The molecule has 0 bridgehead atoms. The summed E-state index contributed by atoms with van der Waals surface area (Å²) < 4.78 is 0.713. The number of piperidine rings is 1. The molecule has 2 heterocycles. The highest BCUT2D eigenvalue weighted by Gasteiger charge is 2.18. The summed E-state index contributed by atoms with van der Waals surface area (Å²) in [6, 6.07) is 0. The molecule has 1 saturated heterocycles. The van der Waals surface area contributed by atoms with Gasteiger partial charge < -0.3 is 10.2 Å². The number of carbonyl (C=O) groups is 2. The fraction of sp³-hybridized carbons (Fsp3) is 0.714. The number of rotatable bonds is 6. The van der Waals surface area contributed by atoms with Gasteiger partial charge in [0, 0.05) is 19.0 Å². The van der Waals surface area contributed by atoms with Crippen molar-refractivity contribution in [3.05, 3.63) is 0 Å². The Morgan fingerprint density at radius 1 is 1.32 bits per heavy atom. The average molecular weight is 342 g/mol. The van der Waals surface area contributed by atoms with Gasteiger partial charge in [0.1, 0.15) is 0 Å². The number of hydrogen-bond donors (Lipinski definition) is 1. The fourth-order valence-corrected chi connectivity index (χ4v) is 3.75. The smallest absolute Gasteiger partial charge is 0.233 e. The van der Waals surface area contributed by atoms with Crippen LogP contribution in [0.2, 0.25) is 0 Å². The van der Waals surface area contributed by atoms with Crippen LogP contribution in [0.5, 0.6) is 0 Å². The molecule has 22 heavy (non-hydrogen) atoms. The molecule has 0 spiro atoms. The largest absolute Gasteiger partial charge is 0.342 e. The summed E-state index contributed by atoms with van der Waals surface area (Å²) in [7, 11) is 0. The molecule has 0 aromatic carbocycles. The number of hydrogen-bond acceptors (Lipinski definition) is 6. The Balaban J connectivity index is 1.79. The Bertz CT molecular complexity index is 515. The minimum atomic E-state index is -0.0420. The van der Waals surface area contributed by atoms with Crippen molar-refractivity contribution >= 4 is 40.0 Å². The molecule has 0 aliphatic carbocycles. The maximum Gasteiger partial charge on any atom is 0.233 e. The first-order chi connectivity index (χ1) is 10.6. The van der Waals surface area contributed by atoms with E-state index in [2.05, 4.69) is 15.5 Å². The normalized spacial score (nSPS) is 16.4. The van der Waals surface area contributed by atoms with Crippen LogP contribution in [-0.4, -0.2) is 45.8 Å². The monoisotopic (exact) mass is 342 g/mol. The Hall–Kier alpha value is -1.15. The van der Waals surface area contributed by atoms with Gasteiger partial charge in [-0.1, -0.05) is 36.9 Å². The lowest BCUT2D eigenvalue weighted by molar-refractivity contribution is -0.129. The third kappa shape index (κ3) is 4.95. The standard InChI is InChI=1S/C14H22N4O2S2/c1-3-10(2)12(20)15-13-16-17-14(22-13)21-9-11(19)18-7-5-4-6-8-18/h10H,3-9H2,1-2H3,(H,15,16,20)/t10-/m0/s1. The molecule has 0 unspecified atom stereocenters. The molecule has 1 aromatic rings. The van der Waals surface area contributed by atoms with E-state index >= 15 is 0 Å². The first-order valence-corrected chi connectivity index (χ1v) is 9.45. The van der Waals surface area contributed by atoms with E-state index in [9.17, 15) is 9.59 Å². The lowest BCUT2D eigenvalue weighted by Gasteiger charge is -2.26. The molecule has 1 aromatic heterocycles. The Kier molecular flexibility index (Phi) is 6.63. The first-order valence-electron chi connectivity index (χ1n) is 7.65. The van der Waals surface area contributed by atoms with E-state index in [0.717, 1.165) is 32.4 Å². The summed E-state index contributed by atoms with van der Waals surface area (Å²) in [6.45, 7) is 5.58. The fourth-order valence-electron chi connectivity index (χ4n) is 2.09. The third-order valence-corrected chi connectivity index (χ3v) is 5.68. The quantitative estimate of drug-likeness (QED) is 0.635. The van der Waals surface area contributed by atoms with Crippen molar-refractivity contribution < 1.29 is 9.59 Å². The summed E-state index contributed by atoms with van der Waals surface area (Å²) in [5, 5.41) is 11.2. The van der Waals surface area contributed by atoms with Crippen molar-refractivity contribution in [2.24, 2.45) is 5.92 Å². The SMILES string of the molecule is CC[C@H](C)C(=O)Nc1nnc(SCC(=O)N2CCCCC2)s1. The van der Waals surface area contributed by atoms with Gasteiger partial charge in [-0.05, 0) is 25.7 Å². The molecule has 122 valence electrons. The Morgan fingerprint density at radius 3 is 2.73 bits per heavy atom. The maximum atomic E-state index is 12.1. The van der Waals surface area contributed by atoms with E-state index in [0.29, 0.717) is 15.2 Å². The van der Waals surface area contributed by atoms with Crippen LogP contribution in [0.15, 0.2) is 4.34 Å². The third-order valence-electron chi connectivity index (χ3n) is 3.72. The topological polar surface area (TPSA) is 75.2 Å². The molecule has 0 saturated carbocycles. The summed E-state index contributed by atoms with van der Waals surface area (Å²) in [6.07, 6.45) is 4.20. The van der Waals surface area contributed by atoms with E-state index < -0.39 is 0 Å². The zero-order valence-corrected chi connectivity index (χ0v) is 14.6. The molecule has 1 fully saturated rings. The van der Waals surface area contributed by atoms with Crippen LogP contribution in [0, 0.1) is 5.92 Å². The van der Waals surface area contributed by atoms with Crippen molar-refractivity contribution in [1.29, 1.82) is 0 Å². The van der Waals surface area contributed by atoms with Gasteiger partial charge in [-0.25, -0.2) is 0 Å². The van der Waals surface area contributed by atoms with Gasteiger partial charge in [0.05, 0.1) is 5.75 Å². The highest BCUT2D eigenvalue weighted by atomic mass is 32.2. The van der Waals surface area contributed by atoms with E-state index in [1.165, 1.54) is 29.5 Å². The van der Waals surface area contributed by atoms with Crippen molar-refractivity contribution in [3.8, 4) is 0 Å². The van der Waals surface area contributed by atoms with Crippen LogP contribution in [-0.2, 0) is 9.59 Å². The second-order valence-electron chi connectivity index (χ2n) is 5.40. The van der Waals surface area contributed by atoms with Crippen LogP contribution in [0.3, 0.4) is 0 Å².